The fourth-order valence-corrected chi connectivity index (χ4v) is 6.32. The number of H-pyrrole nitrogens is 1. The molecule has 5 atom stereocenters. The first-order valence-corrected chi connectivity index (χ1v) is 13.1. The molecule has 5 N–H and O–H groups in total. The number of imidazole rings is 1. The van der Waals surface area contributed by atoms with Gasteiger partial charge in [0.15, 0.2) is 22.5 Å². The number of nitrogens with zero attached hydrogens (tertiary/aromatic N) is 3. The van der Waals surface area contributed by atoms with Gasteiger partial charge in [-0.05, 0) is 0 Å². The molecule has 4 heterocycles. The molecule has 1 unspecified atom stereocenters. The summed E-state index contributed by atoms with van der Waals surface area (Å²) in [6.45, 7) is -0.300. The van der Waals surface area contributed by atoms with Gasteiger partial charge in [-0.2, -0.15) is 4.98 Å². The third-order valence-corrected chi connectivity index (χ3v) is 7.59. The number of aromatic nitrogens is 4. The first kappa shape index (κ1) is 21.7. The van der Waals surface area contributed by atoms with Crippen molar-refractivity contribution in [2.24, 2.45) is 0 Å². The number of hydrogen-bond acceptors (Lipinski definition) is 12. The van der Waals surface area contributed by atoms with Crippen molar-refractivity contribution >= 4 is 46.5 Å². The lowest BCUT2D eigenvalue weighted by atomic mass is 10.1. The van der Waals surface area contributed by atoms with Gasteiger partial charge in [0, 0.05) is 12.0 Å². The molecule has 2 saturated heterocycles. The number of phosphoric acid groups is 1. The van der Waals surface area contributed by atoms with Gasteiger partial charge >= 0.3 is 7.82 Å². The number of aromatic amines is 1. The summed E-state index contributed by atoms with van der Waals surface area (Å²) < 4.78 is 51.3. The number of sulfone groups is 1. The first-order chi connectivity index (χ1) is 14.0. The molecule has 0 amide bonds. The van der Waals surface area contributed by atoms with Gasteiger partial charge in [-0.1, -0.05) is 11.8 Å². The predicted molar refractivity (Wildman–Crippen MR) is 104 cm³/mol. The minimum absolute atomic E-state index is 0.00565. The van der Waals surface area contributed by atoms with E-state index in [1.165, 1.54) is 4.57 Å². The van der Waals surface area contributed by atoms with Crippen LogP contribution in [0.1, 0.15) is 6.23 Å². The molecule has 2 aliphatic rings. The molecule has 14 nitrogen and oxygen atoms in total. The summed E-state index contributed by atoms with van der Waals surface area (Å²) >= 11 is 1.01. The molecule has 0 aliphatic carbocycles. The first-order valence-electron chi connectivity index (χ1n) is 8.53. The zero-order valence-corrected chi connectivity index (χ0v) is 17.9. The van der Waals surface area contributed by atoms with Gasteiger partial charge in [-0.25, -0.2) is 18.0 Å². The van der Waals surface area contributed by atoms with Gasteiger partial charge in [0.2, 0.25) is 5.95 Å². The Kier molecular flexibility index (Phi) is 5.47. The number of rotatable bonds is 5. The van der Waals surface area contributed by atoms with E-state index in [0.29, 0.717) is 0 Å². The third-order valence-electron chi connectivity index (χ3n) is 4.44. The quantitative estimate of drug-likeness (QED) is 0.286. The molecular formula is C13H18N5O9PS2. The van der Waals surface area contributed by atoms with Crippen molar-refractivity contribution in [3.8, 4) is 0 Å². The van der Waals surface area contributed by atoms with E-state index in [0.717, 1.165) is 18.0 Å². The van der Waals surface area contributed by atoms with Crippen molar-refractivity contribution < 1.29 is 36.8 Å². The summed E-state index contributed by atoms with van der Waals surface area (Å²) in [5.41, 5.74) is 4.90. The molecular weight excluding hydrogens is 465 g/mol. The second-order valence-electron chi connectivity index (χ2n) is 6.76. The lowest BCUT2D eigenvalue weighted by Crippen LogP contribution is -2.39. The van der Waals surface area contributed by atoms with Crippen LogP contribution in [0.5, 0.6) is 0 Å². The maximum Gasteiger partial charge on any atom is 0.472 e. The average Bonchev–Trinajstić information content (AvgIpc) is 3.11. The summed E-state index contributed by atoms with van der Waals surface area (Å²) in [5.74, 6) is -0.251. The number of aliphatic hydroxyl groups is 1. The number of nitrogens with two attached hydrogens (primary N) is 1. The van der Waals surface area contributed by atoms with Gasteiger partial charge in [0.25, 0.3) is 5.56 Å². The van der Waals surface area contributed by atoms with Gasteiger partial charge < -0.3 is 20.5 Å². The Balaban J connectivity index is 1.75. The molecule has 2 aromatic rings. The Labute approximate surface area is 173 Å². The van der Waals surface area contributed by atoms with Crippen LogP contribution in [0.3, 0.4) is 0 Å². The zero-order chi connectivity index (χ0) is 21.8. The van der Waals surface area contributed by atoms with Crippen LogP contribution in [0.4, 0.5) is 5.95 Å². The lowest BCUT2D eigenvalue weighted by Gasteiger charge is -2.27. The second-order valence-corrected chi connectivity index (χ2v) is 11.5. The van der Waals surface area contributed by atoms with Gasteiger partial charge in [-0.15, -0.1) is 0 Å². The van der Waals surface area contributed by atoms with Crippen LogP contribution in [-0.4, -0.2) is 80.6 Å². The van der Waals surface area contributed by atoms with Crippen LogP contribution >= 0.6 is 19.6 Å². The van der Waals surface area contributed by atoms with Crippen molar-refractivity contribution in [2.45, 2.75) is 29.7 Å². The molecule has 0 bridgehead atoms. The van der Waals surface area contributed by atoms with Crippen molar-refractivity contribution in [1.29, 1.82) is 0 Å². The number of ether oxygens (including phenoxy) is 1. The highest BCUT2D eigenvalue weighted by Gasteiger charge is 2.53. The second kappa shape index (κ2) is 7.56. The maximum atomic E-state index is 12.3. The fourth-order valence-electron chi connectivity index (χ4n) is 3.15. The predicted octanol–water partition coefficient (Wildman–Crippen LogP) is -1.39. The summed E-state index contributed by atoms with van der Waals surface area (Å²) in [4.78, 5) is 32.4. The number of phosphoric ester groups is 1. The Morgan fingerprint density at radius 3 is 2.87 bits per heavy atom. The Hall–Kier alpha value is -1.52. The average molecular weight is 483 g/mol. The molecule has 0 saturated carbocycles. The molecule has 0 radical (unpaired) electrons. The minimum Gasteiger partial charge on any atom is -0.386 e. The standard InChI is InChI=1S/C13H18N5O9PS2/c1-30(23,24)3-2-29-13-15-6-9(16-12(14)17-10(6)20)18(13)11-7(19)8-5(26-11)4-25-28(21,22)27-8/h5,7-8,11,19H,2-4H2,1H3,(H,21,22)(H3,14,16,17,20)/t5-,7-,8-,11-/m1/s1. The van der Waals surface area contributed by atoms with Crippen molar-refractivity contribution in [3.05, 3.63) is 10.4 Å². The minimum atomic E-state index is -4.34. The van der Waals surface area contributed by atoms with Crippen LogP contribution in [0.2, 0.25) is 0 Å². The van der Waals surface area contributed by atoms with Crippen LogP contribution in [0, 0.1) is 0 Å². The van der Waals surface area contributed by atoms with Crippen LogP contribution in [0.15, 0.2) is 9.95 Å². The maximum absolute atomic E-state index is 12.3. The van der Waals surface area contributed by atoms with E-state index in [9.17, 15) is 27.8 Å². The SMILES string of the molecule is CS(=O)(=O)CCSc1nc2c(=O)[nH]c(N)nc2n1[C@@H]1O[C@@H]2COP(=O)(O)O[C@H]2[C@H]1O. The highest BCUT2D eigenvalue weighted by atomic mass is 32.2. The lowest BCUT2D eigenvalue weighted by molar-refractivity contribution is -0.0684. The van der Waals surface area contributed by atoms with Crippen molar-refractivity contribution in [3.63, 3.8) is 0 Å². The Bertz CT molecular complexity index is 1200. The largest absolute Gasteiger partial charge is 0.472 e. The number of anilines is 1. The molecule has 4 rings (SSSR count). The number of nitrogen functional groups attached to an aromatic ring is 1. The summed E-state index contributed by atoms with van der Waals surface area (Å²) in [7, 11) is -7.59. The van der Waals surface area contributed by atoms with Gasteiger partial charge in [0.05, 0.1) is 12.4 Å². The van der Waals surface area contributed by atoms with E-state index in [4.69, 9.17) is 19.5 Å². The zero-order valence-electron chi connectivity index (χ0n) is 15.4. The number of thioether (sulfide) groups is 1. The van der Waals surface area contributed by atoms with Crippen LogP contribution < -0.4 is 11.3 Å². The number of fused-ring (bicyclic) bond motifs is 2. The highest BCUT2D eigenvalue weighted by Crippen LogP contribution is 2.52. The molecule has 2 aliphatic heterocycles. The summed E-state index contributed by atoms with van der Waals surface area (Å²) in [6, 6.07) is 0. The fraction of sp³-hybridized carbons (Fsp3) is 0.615. The number of nitrogens with one attached hydrogen (secondary N) is 1. The van der Waals surface area contributed by atoms with Crippen LogP contribution in [-0.2, 0) is 28.2 Å². The summed E-state index contributed by atoms with van der Waals surface area (Å²) in [6.07, 6.45) is -3.60. The Morgan fingerprint density at radius 2 is 2.17 bits per heavy atom. The highest BCUT2D eigenvalue weighted by molar-refractivity contribution is 8.00. The molecule has 30 heavy (non-hydrogen) atoms. The molecule has 17 heteroatoms. The van der Waals surface area contributed by atoms with E-state index in [1.54, 1.807) is 0 Å². The van der Waals surface area contributed by atoms with E-state index in [1.807, 2.05) is 0 Å². The Morgan fingerprint density at radius 1 is 1.43 bits per heavy atom. The molecule has 2 aromatic heterocycles. The molecule has 2 fully saturated rings. The molecule has 0 aromatic carbocycles. The van der Waals surface area contributed by atoms with Crippen molar-refractivity contribution in [2.75, 3.05) is 30.1 Å². The van der Waals surface area contributed by atoms with E-state index in [-0.39, 0.29) is 40.4 Å². The topological polar surface area (TPSA) is 209 Å². The normalized spacial score (nSPS) is 31.8. The van der Waals surface area contributed by atoms with E-state index in [2.05, 4.69) is 15.0 Å². The third kappa shape index (κ3) is 4.13. The van der Waals surface area contributed by atoms with Crippen molar-refractivity contribution in [1.82, 2.24) is 19.5 Å². The molecule has 166 valence electrons. The van der Waals surface area contributed by atoms with E-state index >= 15 is 0 Å². The van der Waals surface area contributed by atoms with Gasteiger partial charge in [-0.3, -0.25) is 23.4 Å². The van der Waals surface area contributed by atoms with Gasteiger partial charge in [0.1, 0.15) is 28.1 Å². The monoisotopic (exact) mass is 483 g/mol. The number of aliphatic hydroxyl groups excluding tert-OH is 1. The number of hydrogen-bond donors (Lipinski definition) is 4. The molecule has 0 spiro atoms. The van der Waals surface area contributed by atoms with E-state index < -0.39 is 47.8 Å². The summed E-state index contributed by atoms with van der Waals surface area (Å²) in [5, 5.41) is 10.9. The van der Waals surface area contributed by atoms with Crippen LogP contribution in [0.25, 0.3) is 11.2 Å². The smallest absolute Gasteiger partial charge is 0.386 e.